The van der Waals surface area contributed by atoms with Crippen LogP contribution >= 0.6 is 15.9 Å². The molecule has 2 heterocycles. The molecule has 29 heavy (non-hydrogen) atoms. The Labute approximate surface area is 175 Å². The normalized spacial score (nSPS) is 14.8. The minimum absolute atomic E-state index is 0.0946. The number of allylic oxidation sites excluding steroid dienone is 1. The van der Waals surface area contributed by atoms with Crippen LogP contribution < -0.4 is 10.5 Å². The highest BCUT2D eigenvalue weighted by atomic mass is 79.9. The van der Waals surface area contributed by atoms with Gasteiger partial charge in [-0.3, -0.25) is 9.59 Å². The van der Waals surface area contributed by atoms with Crippen molar-refractivity contribution in [3.8, 4) is 0 Å². The predicted molar refractivity (Wildman–Crippen MR) is 116 cm³/mol. The third-order valence-electron chi connectivity index (χ3n) is 4.75. The number of carbonyl (C=O) groups is 2. The SMILES string of the molecule is CC(C)CN1C(=O)/C(=C\C(=O)c2cc3ccccc3oc2=O)c2cc(Br)ccc21. The molecule has 0 N–H and O–H groups in total. The Kier molecular flexibility index (Phi) is 4.96. The highest BCUT2D eigenvalue weighted by Gasteiger charge is 2.33. The molecule has 3 aromatic rings. The van der Waals surface area contributed by atoms with Gasteiger partial charge in [-0.05, 0) is 42.3 Å². The van der Waals surface area contributed by atoms with E-state index in [-0.39, 0.29) is 23.0 Å². The smallest absolute Gasteiger partial charge is 0.347 e. The highest BCUT2D eigenvalue weighted by Crippen LogP contribution is 2.39. The van der Waals surface area contributed by atoms with E-state index < -0.39 is 11.4 Å². The van der Waals surface area contributed by atoms with Crippen LogP contribution in [0.1, 0.15) is 29.8 Å². The van der Waals surface area contributed by atoms with Gasteiger partial charge >= 0.3 is 5.63 Å². The van der Waals surface area contributed by atoms with Gasteiger partial charge in [0.05, 0.1) is 11.3 Å². The Morgan fingerprint density at radius 3 is 2.66 bits per heavy atom. The van der Waals surface area contributed by atoms with Gasteiger partial charge < -0.3 is 9.32 Å². The molecule has 0 saturated carbocycles. The monoisotopic (exact) mass is 451 g/mol. The Morgan fingerprint density at radius 2 is 1.90 bits per heavy atom. The molecule has 1 aromatic heterocycles. The van der Waals surface area contributed by atoms with Gasteiger partial charge in [0.2, 0.25) is 0 Å². The summed E-state index contributed by atoms with van der Waals surface area (Å²) in [7, 11) is 0. The molecular weight excluding hydrogens is 434 g/mol. The lowest BCUT2D eigenvalue weighted by Crippen LogP contribution is -2.30. The maximum atomic E-state index is 13.1. The van der Waals surface area contributed by atoms with Crippen molar-refractivity contribution < 1.29 is 14.0 Å². The minimum atomic E-state index is -0.718. The van der Waals surface area contributed by atoms with Crippen molar-refractivity contribution in [3.05, 3.63) is 80.6 Å². The summed E-state index contributed by atoms with van der Waals surface area (Å²) in [5.41, 5.74) is 1.31. The number of nitrogens with zero attached hydrogens (tertiary/aromatic N) is 1. The molecule has 0 fully saturated rings. The largest absolute Gasteiger partial charge is 0.422 e. The van der Waals surface area contributed by atoms with E-state index in [0.29, 0.717) is 23.1 Å². The summed E-state index contributed by atoms with van der Waals surface area (Å²) < 4.78 is 6.06. The van der Waals surface area contributed by atoms with Gasteiger partial charge in [0.1, 0.15) is 11.1 Å². The van der Waals surface area contributed by atoms with Crippen molar-refractivity contribution in [3.63, 3.8) is 0 Å². The Balaban J connectivity index is 1.81. The number of halogens is 1. The average molecular weight is 452 g/mol. The average Bonchev–Trinajstić information content (AvgIpc) is 2.92. The van der Waals surface area contributed by atoms with E-state index in [0.717, 1.165) is 10.2 Å². The molecule has 1 aliphatic heterocycles. The zero-order valence-corrected chi connectivity index (χ0v) is 17.5. The first-order valence-electron chi connectivity index (χ1n) is 9.26. The van der Waals surface area contributed by atoms with Crippen molar-refractivity contribution in [1.82, 2.24) is 0 Å². The second-order valence-electron chi connectivity index (χ2n) is 7.38. The number of anilines is 1. The van der Waals surface area contributed by atoms with Crippen LogP contribution in [0.4, 0.5) is 5.69 Å². The number of carbonyl (C=O) groups excluding carboxylic acids is 2. The van der Waals surface area contributed by atoms with Crippen molar-refractivity contribution in [2.24, 2.45) is 5.92 Å². The molecule has 0 aliphatic carbocycles. The molecule has 0 saturated heterocycles. The van der Waals surface area contributed by atoms with Gasteiger partial charge in [-0.2, -0.15) is 0 Å². The summed E-state index contributed by atoms with van der Waals surface area (Å²) in [5.74, 6) is -0.534. The number of benzene rings is 2. The zero-order valence-electron chi connectivity index (χ0n) is 15.9. The van der Waals surface area contributed by atoms with Gasteiger partial charge in [-0.1, -0.05) is 48.0 Å². The number of fused-ring (bicyclic) bond motifs is 2. The molecule has 2 aromatic carbocycles. The van der Waals surface area contributed by atoms with Crippen molar-refractivity contribution in [2.75, 3.05) is 11.4 Å². The second kappa shape index (κ2) is 7.44. The summed E-state index contributed by atoms with van der Waals surface area (Å²) in [6.45, 7) is 4.59. The topological polar surface area (TPSA) is 67.6 Å². The van der Waals surface area contributed by atoms with Gasteiger partial charge in [-0.15, -0.1) is 0 Å². The summed E-state index contributed by atoms with van der Waals surface area (Å²) in [6, 6.07) is 14.0. The van der Waals surface area contributed by atoms with E-state index in [2.05, 4.69) is 15.9 Å². The van der Waals surface area contributed by atoms with Crippen LogP contribution in [-0.4, -0.2) is 18.2 Å². The fourth-order valence-corrected chi connectivity index (χ4v) is 3.82. The molecule has 0 atom stereocenters. The van der Waals surface area contributed by atoms with E-state index in [9.17, 15) is 14.4 Å². The van der Waals surface area contributed by atoms with Crippen molar-refractivity contribution in [2.45, 2.75) is 13.8 Å². The van der Waals surface area contributed by atoms with Crippen molar-refractivity contribution >= 4 is 49.9 Å². The molecule has 6 heteroatoms. The van der Waals surface area contributed by atoms with Crippen LogP contribution in [0.25, 0.3) is 16.5 Å². The maximum absolute atomic E-state index is 13.1. The Bertz CT molecular complexity index is 1240. The first-order chi connectivity index (χ1) is 13.8. The molecule has 0 unspecified atom stereocenters. The van der Waals surface area contributed by atoms with Gasteiger partial charge in [0, 0.05) is 22.0 Å². The number of para-hydroxylation sites is 1. The molecule has 1 amide bonds. The van der Waals surface area contributed by atoms with Crippen LogP contribution in [0.3, 0.4) is 0 Å². The highest BCUT2D eigenvalue weighted by molar-refractivity contribution is 9.10. The molecular formula is C23H18BrNO4. The lowest BCUT2D eigenvalue weighted by molar-refractivity contribution is -0.113. The molecule has 1 aliphatic rings. The minimum Gasteiger partial charge on any atom is -0.422 e. The van der Waals surface area contributed by atoms with Crippen LogP contribution in [0.15, 0.2) is 68.3 Å². The van der Waals surface area contributed by atoms with Gasteiger partial charge in [-0.25, -0.2) is 4.79 Å². The molecule has 0 radical (unpaired) electrons. The van der Waals surface area contributed by atoms with Gasteiger partial charge in [0.25, 0.3) is 5.91 Å². The molecule has 4 rings (SSSR count). The van der Waals surface area contributed by atoms with Crippen LogP contribution in [0.2, 0.25) is 0 Å². The third kappa shape index (κ3) is 3.56. The van der Waals surface area contributed by atoms with Crippen LogP contribution in [0.5, 0.6) is 0 Å². The standard InChI is InChI=1S/C23H18BrNO4/c1-13(2)12-25-19-8-7-15(24)10-16(19)17(22(25)27)11-20(26)18-9-14-5-3-4-6-21(14)29-23(18)28/h3-11,13H,12H2,1-2H3/b17-11-. The Hall–Kier alpha value is -2.99. The molecule has 0 spiro atoms. The number of hydrogen-bond acceptors (Lipinski definition) is 4. The summed E-state index contributed by atoms with van der Waals surface area (Å²) in [6.07, 6.45) is 1.24. The number of ketones is 1. The van der Waals surface area contributed by atoms with Crippen LogP contribution in [-0.2, 0) is 4.79 Å². The number of hydrogen-bond donors (Lipinski definition) is 0. The second-order valence-corrected chi connectivity index (χ2v) is 8.29. The van der Waals surface area contributed by atoms with Crippen LogP contribution in [0, 0.1) is 5.92 Å². The summed E-state index contributed by atoms with van der Waals surface area (Å²) in [5, 5.41) is 0.649. The third-order valence-corrected chi connectivity index (χ3v) is 5.24. The first-order valence-corrected chi connectivity index (χ1v) is 10.0. The van der Waals surface area contributed by atoms with E-state index in [1.165, 1.54) is 12.1 Å². The number of amides is 1. The fraction of sp³-hybridized carbons (Fsp3) is 0.174. The van der Waals surface area contributed by atoms with Gasteiger partial charge in [0.15, 0.2) is 5.78 Å². The lowest BCUT2D eigenvalue weighted by atomic mass is 10.0. The van der Waals surface area contributed by atoms with E-state index in [1.54, 1.807) is 29.2 Å². The molecule has 0 bridgehead atoms. The zero-order chi connectivity index (χ0) is 20.7. The summed E-state index contributed by atoms with van der Waals surface area (Å²) >= 11 is 3.43. The first kappa shape index (κ1) is 19.3. The predicted octanol–water partition coefficient (Wildman–Crippen LogP) is 4.82. The Morgan fingerprint density at radius 1 is 1.14 bits per heavy atom. The summed E-state index contributed by atoms with van der Waals surface area (Å²) in [4.78, 5) is 40.0. The fourth-order valence-electron chi connectivity index (χ4n) is 3.46. The quantitative estimate of drug-likeness (QED) is 0.323. The van der Waals surface area contributed by atoms with E-state index in [1.807, 2.05) is 32.0 Å². The number of rotatable bonds is 4. The van der Waals surface area contributed by atoms with E-state index >= 15 is 0 Å². The van der Waals surface area contributed by atoms with E-state index in [4.69, 9.17) is 4.42 Å². The molecule has 5 nitrogen and oxygen atoms in total. The maximum Gasteiger partial charge on any atom is 0.347 e. The van der Waals surface area contributed by atoms with Crippen molar-refractivity contribution in [1.29, 1.82) is 0 Å². The lowest BCUT2D eigenvalue weighted by Gasteiger charge is -2.19. The molecule has 146 valence electrons.